The number of aryl methyl sites for hydroxylation is 5. The molecule has 111 heavy (non-hydrogen) atoms. The minimum absolute atomic E-state index is 0.0369. The average Bonchev–Trinajstić information content (AvgIpc) is 0.724. The molecule has 0 radical (unpaired) electrons. The molecule has 10 heterocycles. The zero-order valence-corrected chi connectivity index (χ0v) is 72.0. The molecular weight excluding hydrogens is 1650 g/mol. The van der Waals surface area contributed by atoms with E-state index in [1.54, 1.807) is 54.6 Å². The topological polar surface area (TPSA) is 306 Å². The van der Waals surface area contributed by atoms with Crippen LogP contribution in [0.2, 0.25) is 18.1 Å². The minimum Gasteiger partial charge on any atom is -0.503 e. The number of aliphatic hydroxyl groups is 1. The van der Waals surface area contributed by atoms with E-state index in [0.717, 1.165) is 38.0 Å². The number of Topliss-reactive ketones (excluding diaryl/α,β-unsaturated/α-hetero) is 3. The number of nitrogens with zero attached hydrogens (tertiary/aromatic N) is 5. The van der Waals surface area contributed by atoms with Gasteiger partial charge in [-0.25, -0.2) is 8.78 Å². The van der Waals surface area contributed by atoms with Gasteiger partial charge >= 0.3 is 0 Å². The number of hydrogen-bond acceptors (Lipinski definition) is 17. The summed E-state index contributed by atoms with van der Waals surface area (Å²) in [5, 5.41) is 25.9. The Kier molecular flexibility index (Phi) is 27.1. The van der Waals surface area contributed by atoms with Crippen LogP contribution in [0.15, 0.2) is 117 Å². The van der Waals surface area contributed by atoms with Crippen LogP contribution < -0.4 is 56.7 Å². The van der Waals surface area contributed by atoms with Crippen LogP contribution >= 0.6 is 47.8 Å². The third-order valence-corrected chi connectivity index (χ3v) is 27.9. The highest BCUT2D eigenvalue weighted by atomic mass is 79.9. The van der Waals surface area contributed by atoms with Crippen molar-refractivity contribution in [1.82, 2.24) is 33.5 Å². The quantitative estimate of drug-likeness (QED) is 0.0826. The van der Waals surface area contributed by atoms with E-state index >= 15 is 0 Å². The van der Waals surface area contributed by atoms with Crippen molar-refractivity contribution < 1.29 is 66.3 Å². The number of nitrogens with one attached hydrogen (secondary N) is 2. The third kappa shape index (κ3) is 18.8. The van der Waals surface area contributed by atoms with Gasteiger partial charge in [0.2, 0.25) is 27.1 Å². The summed E-state index contributed by atoms with van der Waals surface area (Å²) in [7, 11) is 3.75. The molecule has 12 rings (SSSR count). The molecule has 5 aliphatic heterocycles. The van der Waals surface area contributed by atoms with Gasteiger partial charge in [0.15, 0.2) is 54.4 Å². The number of aliphatic hydroxyl groups excluding tert-OH is 1. The van der Waals surface area contributed by atoms with Gasteiger partial charge in [-0.05, 0) is 144 Å². The smallest absolute Gasteiger partial charge is 0.257 e. The average molecular weight is 1750 g/mol. The first-order valence-corrected chi connectivity index (χ1v) is 41.6. The number of halogens is 5. The molecule has 4 N–H and O–H groups in total. The first-order valence-electron chi connectivity index (χ1n) is 36.3. The number of ether oxygens (including phenoxy) is 4. The van der Waals surface area contributed by atoms with E-state index < -0.39 is 59.1 Å². The number of hydrogen-bond donors (Lipinski definition) is 4. The van der Waals surface area contributed by atoms with Gasteiger partial charge in [0.25, 0.3) is 11.8 Å². The van der Waals surface area contributed by atoms with Gasteiger partial charge in [0, 0.05) is 93.0 Å². The number of fused-ring (bicyclic) bond motifs is 5. The summed E-state index contributed by atoms with van der Waals surface area (Å²) in [5.74, 6) is -2.56. The zero-order chi connectivity index (χ0) is 82.9. The number of benzene rings is 2. The molecule has 0 saturated heterocycles. The lowest BCUT2D eigenvalue weighted by Crippen LogP contribution is -2.47. The van der Waals surface area contributed by atoms with Crippen molar-refractivity contribution in [3.05, 3.63) is 206 Å². The van der Waals surface area contributed by atoms with Crippen molar-refractivity contribution in [3.8, 4) is 28.7 Å². The van der Waals surface area contributed by atoms with E-state index in [1.807, 2.05) is 52.3 Å². The molecule has 2 unspecified atom stereocenters. The Morgan fingerprint density at radius 2 is 0.802 bits per heavy atom. The molecule has 2 aromatic carbocycles. The Morgan fingerprint density at radius 3 is 1.21 bits per heavy atom. The van der Waals surface area contributed by atoms with Gasteiger partial charge < -0.3 is 67.1 Å². The largest absolute Gasteiger partial charge is 0.503 e. The number of aromatic nitrogens is 5. The summed E-state index contributed by atoms with van der Waals surface area (Å²) in [6.45, 7) is 34.1. The molecule has 7 aromatic rings. The molecule has 5 aliphatic rings. The number of ketones is 3. The van der Waals surface area contributed by atoms with Crippen LogP contribution in [0.3, 0.4) is 0 Å². The van der Waals surface area contributed by atoms with Crippen LogP contribution in [0.4, 0.5) is 8.78 Å². The number of carbonyl (C=O) groups is 5. The number of amides is 2. The molecule has 600 valence electrons. The first-order chi connectivity index (χ1) is 51.5. The summed E-state index contributed by atoms with van der Waals surface area (Å²) in [5.41, 5.74) is -1.05. The number of aromatic hydroxyl groups is 1. The van der Waals surface area contributed by atoms with E-state index in [2.05, 4.69) is 111 Å². The Labute approximate surface area is 669 Å². The van der Waals surface area contributed by atoms with Gasteiger partial charge in [-0.3, -0.25) is 47.9 Å². The fraction of sp³-hybridized carbons (Fsp3) is 0.481. The highest BCUT2D eigenvalue weighted by Crippen LogP contribution is 2.51. The number of rotatable bonds is 12. The van der Waals surface area contributed by atoms with Gasteiger partial charge in [-0.15, -0.1) is 0 Å². The van der Waals surface area contributed by atoms with Gasteiger partial charge in [0.05, 0.1) is 59.3 Å². The van der Waals surface area contributed by atoms with Gasteiger partial charge in [0.1, 0.15) is 45.9 Å². The predicted octanol–water partition coefficient (Wildman–Crippen LogP) is 14.2. The number of carbonyl (C=O) groups excluding carboxylic acids is 5. The summed E-state index contributed by atoms with van der Waals surface area (Å²) >= 11 is 9.77. The molecule has 0 spiro atoms. The normalized spacial score (nSPS) is 17.9. The molecule has 0 fully saturated rings. The second-order valence-corrected chi connectivity index (χ2v) is 40.4. The SMILES string of the molecule is CC1(C)CCn2cc(C(=O)NCc3ccc(F)cc3)c(=O)c(O)c2C1=O.COc1c2n(cc(Br)c1=O)CCC(C)(C)C2=O.COc1c2n(cc(Br)c1=O)CCC(C)(C)C2O.COc1c2n(cc(Br)c1=O)CCC(C)(C)C2O[Si](C)(C)C(C)(C)C.COc1c2n(cc(C(=O)NCc3ccc(F)cc3)c1=O)CCC(C)(C)C2=O. The Hall–Kier alpha value is -8.42. The van der Waals surface area contributed by atoms with Crippen molar-refractivity contribution in [1.29, 1.82) is 0 Å². The summed E-state index contributed by atoms with van der Waals surface area (Å²) in [6.07, 6.45) is 10.9. The molecule has 2 amide bonds. The Balaban J connectivity index is 0.000000176. The van der Waals surface area contributed by atoms with E-state index in [-0.39, 0.29) is 120 Å². The second kappa shape index (κ2) is 34.1. The molecular formula is C81H100Br3F2N7O17Si. The van der Waals surface area contributed by atoms with E-state index in [0.29, 0.717) is 74.2 Å². The highest BCUT2D eigenvalue weighted by Gasteiger charge is 2.48. The van der Waals surface area contributed by atoms with Crippen LogP contribution in [0, 0.1) is 38.7 Å². The standard InChI is InChI=1S/C20H21FN2O4.C19H19FN2O4.C18H30BrNO3Si.C12H16BrNO3.C12H14BrNO3/c1-20(2)8-9-23-11-14(16(24)17(27-3)15(23)18(20)25)19(26)22-10-12-4-6-13(21)7-5-12;1-19(2)7-8-22-10-13(15(23)16(24)14(22)17(19)25)18(26)21-9-11-3-5-12(20)6-4-11;1-17(2,3)24(7,8)23-16-13-15(22-6)14(21)12(19)11-20(13)10-9-18(16,4)5;2*1-12(2)4-5-14-6-7(13)9(15)10(17-3)8(14)11(12)16/h4-7,11H,8-10H2,1-3H3,(H,22,26);3-6,10,24H,7-9H2,1-2H3,(H,21,26);11,16H,9-10H2,1-8H3;6,11,16H,4-5H2,1-3H3;6H,4-5H2,1-3H3. The predicted molar refractivity (Wildman–Crippen MR) is 431 cm³/mol. The van der Waals surface area contributed by atoms with E-state index in [4.69, 9.17) is 23.4 Å². The van der Waals surface area contributed by atoms with Crippen LogP contribution in [-0.4, -0.2) is 99.0 Å². The van der Waals surface area contributed by atoms with Crippen molar-refractivity contribution >= 4 is 85.3 Å². The van der Waals surface area contributed by atoms with Crippen molar-refractivity contribution in [2.24, 2.45) is 27.1 Å². The second-order valence-electron chi connectivity index (χ2n) is 33.1. The van der Waals surface area contributed by atoms with Crippen molar-refractivity contribution in [2.45, 2.75) is 198 Å². The Morgan fingerprint density at radius 1 is 0.477 bits per heavy atom. The molecule has 0 aliphatic carbocycles. The molecule has 2 atom stereocenters. The van der Waals surface area contributed by atoms with Crippen molar-refractivity contribution in [3.63, 3.8) is 0 Å². The first kappa shape index (κ1) is 88.1. The molecule has 0 saturated carbocycles. The highest BCUT2D eigenvalue weighted by molar-refractivity contribution is 9.11. The van der Waals surface area contributed by atoms with E-state index in [9.17, 15) is 66.9 Å². The van der Waals surface area contributed by atoms with E-state index in [1.165, 1.54) is 74.7 Å². The summed E-state index contributed by atoms with van der Waals surface area (Å²) in [6, 6.07) is 11.3. The third-order valence-electron chi connectivity index (χ3n) is 21.8. The minimum atomic E-state index is -2.00. The van der Waals surface area contributed by atoms with Crippen LogP contribution in [0.1, 0.15) is 209 Å². The molecule has 5 aromatic heterocycles. The van der Waals surface area contributed by atoms with Crippen LogP contribution in [0.5, 0.6) is 28.7 Å². The molecule has 30 heteroatoms. The van der Waals surface area contributed by atoms with Crippen LogP contribution in [-0.2, 0) is 50.2 Å². The van der Waals surface area contributed by atoms with Crippen molar-refractivity contribution in [2.75, 3.05) is 28.4 Å². The summed E-state index contributed by atoms with van der Waals surface area (Å²) in [4.78, 5) is 124. The monoisotopic (exact) mass is 1750 g/mol. The molecule has 0 bridgehead atoms. The van der Waals surface area contributed by atoms with Gasteiger partial charge in [-0.2, -0.15) is 0 Å². The molecule has 24 nitrogen and oxygen atoms in total. The number of methoxy groups -OCH3 is 4. The maximum Gasteiger partial charge on any atom is 0.257 e. The lowest BCUT2D eigenvalue weighted by atomic mass is 9.78. The lowest BCUT2D eigenvalue weighted by molar-refractivity contribution is 0.0139. The maximum atomic E-state index is 13.0. The Bertz CT molecular complexity index is 5090. The van der Waals surface area contributed by atoms with Crippen LogP contribution in [0.25, 0.3) is 0 Å². The zero-order valence-electron chi connectivity index (χ0n) is 66.3. The van der Waals surface area contributed by atoms with Gasteiger partial charge in [-0.1, -0.05) is 114 Å². The lowest BCUT2D eigenvalue weighted by Gasteiger charge is -2.47. The fourth-order valence-corrected chi connectivity index (χ4v) is 15.8. The maximum absolute atomic E-state index is 13.0. The number of pyridine rings is 5. The fourth-order valence-electron chi connectivity index (χ4n) is 13.2. The summed E-state index contributed by atoms with van der Waals surface area (Å²) < 4.78 is 63.9.